The summed E-state index contributed by atoms with van der Waals surface area (Å²) in [5, 5.41) is 0.907. The molecule has 0 N–H and O–H groups in total. The van der Waals surface area contributed by atoms with Crippen molar-refractivity contribution in [2.45, 2.75) is 91.2 Å². The van der Waals surface area contributed by atoms with E-state index in [-0.39, 0.29) is 24.3 Å². The minimum atomic E-state index is -0.529. The molecule has 2 atom stereocenters. The molecule has 9 nitrogen and oxygen atoms in total. The van der Waals surface area contributed by atoms with E-state index in [1.54, 1.807) is 0 Å². The Kier molecular flexibility index (Phi) is 9.66. The number of halogens is 1. The highest BCUT2D eigenvalue weighted by molar-refractivity contribution is 9.10. The average Bonchev–Trinajstić information content (AvgIpc) is 3.60. The number of carbonyl (C=O) groups excluding carboxylic acids is 1. The molecule has 0 spiro atoms. The summed E-state index contributed by atoms with van der Waals surface area (Å²) in [6.07, 6.45) is 2.20. The number of ether oxygens (including phenoxy) is 4. The number of benzene rings is 2. The largest absolute Gasteiger partial charge is 0.485 e. The molecule has 2 aromatic carbocycles. The maximum absolute atomic E-state index is 12.9. The molecule has 1 aromatic heterocycles. The Morgan fingerprint density at radius 2 is 1.79 bits per heavy atom. The summed E-state index contributed by atoms with van der Waals surface area (Å²) in [6.45, 7) is 14.7. The zero-order chi connectivity index (χ0) is 30.7. The number of aromatic nitrogens is 2. The van der Waals surface area contributed by atoms with E-state index in [0.29, 0.717) is 50.2 Å². The number of fused-ring (bicyclic) bond motifs is 3. The molecule has 6 rings (SSSR count). The molecule has 232 valence electrons. The maximum Gasteiger partial charge on any atom is 0.410 e. The topological polar surface area (TPSA) is 86.3 Å². The monoisotopic (exact) mass is 654 g/mol. The van der Waals surface area contributed by atoms with Crippen molar-refractivity contribution in [2.75, 3.05) is 31.2 Å². The van der Waals surface area contributed by atoms with Gasteiger partial charge < -0.3 is 28.7 Å². The second kappa shape index (κ2) is 13.3. The molecule has 3 aliphatic rings. The summed E-state index contributed by atoms with van der Waals surface area (Å²) in [7, 11) is 0. The molecular weight excluding hydrogens is 612 g/mol. The fourth-order valence-corrected chi connectivity index (χ4v) is 6.27. The Balaban J connectivity index is 0.00000180. The first kappa shape index (κ1) is 31.3. The quantitative estimate of drug-likeness (QED) is 0.279. The number of piperazine rings is 1. The number of hydrogen-bond donors (Lipinski definition) is 0. The van der Waals surface area contributed by atoms with Crippen LogP contribution in [0.15, 0.2) is 40.9 Å². The van der Waals surface area contributed by atoms with Gasteiger partial charge in [-0.15, -0.1) is 0 Å². The molecular formula is C33H43BrN4O5. The number of aryl methyl sites for hydroxylation is 1. The van der Waals surface area contributed by atoms with E-state index in [0.717, 1.165) is 46.1 Å². The van der Waals surface area contributed by atoms with Crippen LogP contribution in [0.2, 0.25) is 0 Å². The van der Waals surface area contributed by atoms with Crippen LogP contribution in [0.1, 0.15) is 65.0 Å². The van der Waals surface area contributed by atoms with Gasteiger partial charge in [-0.25, -0.2) is 4.79 Å². The number of likely N-dealkylation sites (tertiary alicyclic amines) is 1. The van der Waals surface area contributed by atoms with Gasteiger partial charge in [-0.1, -0.05) is 44.2 Å². The zero-order valence-corrected chi connectivity index (χ0v) is 27.6. The lowest BCUT2D eigenvalue weighted by Crippen LogP contribution is -2.50. The second-order valence-corrected chi connectivity index (χ2v) is 12.9. The number of anilines is 1. The lowest BCUT2D eigenvalue weighted by atomic mass is 10.1. The minimum absolute atomic E-state index is 0.00526. The minimum Gasteiger partial charge on any atom is -0.485 e. The molecule has 3 saturated heterocycles. The molecule has 43 heavy (non-hydrogen) atoms. The van der Waals surface area contributed by atoms with Crippen LogP contribution in [0.25, 0.3) is 10.9 Å². The van der Waals surface area contributed by atoms with Gasteiger partial charge in [0.1, 0.15) is 29.6 Å². The third-order valence-corrected chi connectivity index (χ3v) is 8.82. The van der Waals surface area contributed by atoms with Gasteiger partial charge in [0.2, 0.25) is 0 Å². The van der Waals surface area contributed by atoms with Gasteiger partial charge in [0, 0.05) is 31.3 Å². The van der Waals surface area contributed by atoms with Gasteiger partial charge in [0.15, 0.2) is 5.75 Å². The first-order valence-electron chi connectivity index (χ1n) is 15.3. The van der Waals surface area contributed by atoms with Crippen LogP contribution in [0.3, 0.4) is 0 Å². The average molecular weight is 656 g/mol. The molecule has 2 unspecified atom stereocenters. The van der Waals surface area contributed by atoms with E-state index in [2.05, 4.69) is 33.8 Å². The Bertz CT molecular complexity index is 1420. The van der Waals surface area contributed by atoms with Crippen LogP contribution in [0.4, 0.5) is 10.6 Å². The molecule has 2 bridgehead atoms. The van der Waals surface area contributed by atoms with Crippen molar-refractivity contribution in [3.8, 4) is 11.8 Å². The van der Waals surface area contributed by atoms with Gasteiger partial charge >= 0.3 is 12.1 Å². The SMILES string of the molecule is CC.Cc1cc2c(N3CC4CC3CN4C(=O)OC(C)(C)C)nc(OC3CCOCC3)nc2c(OCc2ccccc2)c1Br. The Morgan fingerprint density at radius 1 is 1.07 bits per heavy atom. The van der Waals surface area contributed by atoms with Crippen molar-refractivity contribution >= 4 is 38.7 Å². The summed E-state index contributed by atoms with van der Waals surface area (Å²) in [5.41, 5.74) is 2.28. The van der Waals surface area contributed by atoms with Crippen molar-refractivity contribution < 1.29 is 23.7 Å². The van der Waals surface area contributed by atoms with Crippen LogP contribution in [-0.2, 0) is 16.1 Å². The maximum atomic E-state index is 12.9. The summed E-state index contributed by atoms with van der Waals surface area (Å²) >= 11 is 3.77. The highest BCUT2D eigenvalue weighted by Crippen LogP contribution is 2.43. The first-order valence-corrected chi connectivity index (χ1v) is 16.1. The first-order chi connectivity index (χ1) is 20.7. The highest BCUT2D eigenvalue weighted by Gasteiger charge is 2.47. The Hall–Kier alpha value is -3.11. The fourth-order valence-electron chi connectivity index (χ4n) is 5.85. The molecule has 0 saturated carbocycles. The van der Waals surface area contributed by atoms with Gasteiger partial charge in [-0.2, -0.15) is 9.97 Å². The fraction of sp³-hybridized carbons (Fsp3) is 0.545. The predicted octanol–water partition coefficient (Wildman–Crippen LogP) is 7.06. The van der Waals surface area contributed by atoms with Crippen molar-refractivity contribution in [1.82, 2.24) is 14.9 Å². The smallest absolute Gasteiger partial charge is 0.410 e. The third kappa shape index (κ3) is 7.01. The van der Waals surface area contributed by atoms with Crippen LogP contribution in [-0.4, -0.2) is 71.1 Å². The molecule has 1 amide bonds. The van der Waals surface area contributed by atoms with E-state index in [1.165, 1.54) is 0 Å². The number of amides is 1. The molecule has 0 aliphatic carbocycles. The van der Waals surface area contributed by atoms with Crippen LogP contribution in [0.5, 0.6) is 11.8 Å². The molecule has 3 fully saturated rings. The zero-order valence-electron chi connectivity index (χ0n) is 26.1. The van der Waals surface area contributed by atoms with Crippen molar-refractivity contribution in [3.05, 3.63) is 52.0 Å². The summed E-state index contributed by atoms with van der Waals surface area (Å²) in [4.78, 5) is 27.0. The molecule has 3 aliphatic heterocycles. The van der Waals surface area contributed by atoms with E-state index in [1.807, 2.05) is 69.9 Å². The Labute approximate surface area is 263 Å². The highest BCUT2D eigenvalue weighted by atomic mass is 79.9. The predicted molar refractivity (Wildman–Crippen MR) is 171 cm³/mol. The van der Waals surface area contributed by atoms with Gasteiger partial charge in [-0.3, -0.25) is 0 Å². The number of hydrogen-bond acceptors (Lipinski definition) is 8. The molecule has 0 radical (unpaired) electrons. The van der Waals surface area contributed by atoms with Crippen LogP contribution in [0, 0.1) is 6.92 Å². The number of carbonyl (C=O) groups is 1. The van der Waals surface area contributed by atoms with E-state index in [9.17, 15) is 4.79 Å². The van der Waals surface area contributed by atoms with Crippen molar-refractivity contribution in [3.63, 3.8) is 0 Å². The van der Waals surface area contributed by atoms with Crippen LogP contribution >= 0.6 is 15.9 Å². The van der Waals surface area contributed by atoms with Gasteiger partial charge in [0.05, 0.1) is 29.8 Å². The van der Waals surface area contributed by atoms with Crippen molar-refractivity contribution in [2.24, 2.45) is 0 Å². The van der Waals surface area contributed by atoms with Gasteiger partial charge in [0.25, 0.3) is 0 Å². The summed E-state index contributed by atoms with van der Waals surface area (Å²) in [5.74, 6) is 1.48. The second-order valence-electron chi connectivity index (χ2n) is 12.1. The summed E-state index contributed by atoms with van der Waals surface area (Å²) < 4.78 is 24.9. The molecule has 3 aromatic rings. The number of rotatable bonds is 6. The lowest BCUT2D eigenvalue weighted by Gasteiger charge is -2.36. The Morgan fingerprint density at radius 3 is 2.44 bits per heavy atom. The van der Waals surface area contributed by atoms with E-state index < -0.39 is 5.60 Å². The third-order valence-electron chi connectivity index (χ3n) is 7.83. The van der Waals surface area contributed by atoms with E-state index in [4.69, 9.17) is 28.9 Å². The lowest BCUT2D eigenvalue weighted by molar-refractivity contribution is 0.0206. The normalized spacial score (nSPS) is 20.2. The summed E-state index contributed by atoms with van der Waals surface area (Å²) in [6, 6.07) is 12.7. The molecule has 4 heterocycles. The number of nitrogens with zero attached hydrogens (tertiary/aromatic N) is 4. The standard InChI is InChI=1S/C31H37BrN4O5.C2H6/c1-19-14-24-26(27(25(19)32)39-18-20-8-6-5-7-9-20)33-29(40-23-10-12-38-13-11-23)34-28(24)35-16-22-15-21(35)17-36(22)30(37)41-31(2,3)4;1-2/h5-9,14,21-23H,10-13,15-18H2,1-4H3;1-2H3. The van der Waals surface area contributed by atoms with E-state index >= 15 is 0 Å². The van der Waals surface area contributed by atoms with Crippen molar-refractivity contribution in [1.29, 1.82) is 0 Å². The van der Waals surface area contributed by atoms with Crippen LogP contribution < -0.4 is 14.4 Å². The molecule has 10 heteroatoms. The van der Waals surface area contributed by atoms with Gasteiger partial charge in [-0.05, 0) is 67.2 Å².